The minimum Gasteiger partial charge on any atom is -0.326 e. The molecule has 0 saturated carbocycles. The fourth-order valence-corrected chi connectivity index (χ4v) is 2.97. The number of aromatic nitrogens is 1. The van der Waals surface area contributed by atoms with Gasteiger partial charge in [-0.15, -0.1) is 11.3 Å². The Balaban J connectivity index is 1.64. The lowest BCUT2D eigenvalue weighted by atomic mass is 10.0. The number of hydrogen-bond donors (Lipinski definition) is 2. The van der Waals surface area contributed by atoms with Crippen molar-refractivity contribution in [3.05, 3.63) is 41.9 Å². The van der Waals surface area contributed by atoms with Gasteiger partial charge in [-0.1, -0.05) is 18.2 Å². The van der Waals surface area contributed by atoms with E-state index < -0.39 is 12.1 Å². The zero-order chi connectivity index (χ0) is 15.4. The van der Waals surface area contributed by atoms with Crippen molar-refractivity contribution in [3.8, 4) is 0 Å². The van der Waals surface area contributed by atoms with E-state index in [0.717, 1.165) is 12.1 Å². The number of hydrogen-bond acceptors (Lipinski definition) is 4. The van der Waals surface area contributed by atoms with E-state index in [-0.39, 0.29) is 5.91 Å². The highest BCUT2D eigenvalue weighted by molar-refractivity contribution is 7.13. The first kappa shape index (κ1) is 14.5. The van der Waals surface area contributed by atoms with Crippen molar-refractivity contribution in [3.63, 3.8) is 0 Å². The summed E-state index contributed by atoms with van der Waals surface area (Å²) >= 11 is 1.33. The van der Waals surface area contributed by atoms with Crippen LogP contribution in [0.5, 0.6) is 0 Å². The molecule has 3 rings (SSSR count). The van der Waals surface area contributed by atoms with Gasteiger partial charge in [-0.25, -0.2) is 9.78 Å². The van der Waals surface area contributed by atoms with Gasteiger partial charge < -0.3 is 10.2 Å². The summed E-state index contributed by atoms with van der Waals surface area (Å²) in [5.74, 6) is -0.0771. The van der Waals surface area contributed by atoms with Crippen LogP contribution in [0, 0.1) is 0 Å². The quantitative estimate of drug-likeness (QED) is 0.913. The van der Waals surface area contributed by atoms with Gasteiger partial charge >= 0.3 is 6.03 Å². The molecule has 22 heavy (non-hydrogen) atoms. The Morgan fingerprint density at radius 3 is 2.86 bits per heavy atom. The van der Waals surface area contributed by atoms with Crippen LogP contribution in [0.25, 0.3) is 0 Å². The van der Waals surface area contributed by atoms with Crippen LogP contribution in [0.1, 0.15) is 12.8 Å². The van der Waals surface area contributed by atoms with Crippen LogP contribution in [-0.2, 0) is 4.79 Å². The number of rotatable bonds is 3. The maximum absolute atomic E-state index is 12.5. The van der Waals surface area contributed by atoms with Crippen molar-refractivity contribution in [2.24, 2.45) is 0 Å². The minimum atomic E-state index is -0.506. The van der Waals surface area contributed by atoms with E-state index >= 15 is 0 Å². The van der Waals surface area contributed by atoms with Crippen LogP contribution in [-0.4, -0.2) is 29.5 Å². The zero-order valence-corrected chi connectivity index (χ0v) is 12.7. The first-order valence-corrected chi connectivity index (χ1v) is 7.95. The Morgan fingerprint density at radius 2 is 2.14 bits per heavy atom. The second kappa shape index (κ2) is 6.57. The standard InChI is InChI=1S/C15H16N4O2S/c20-13-12(17-14(21)18-15-16-8-10-22-15)7-4-9-19(13)11-5-2-1-3-6-11/h1-3,5-6,8,10,12H,4,7,9H2,(H2,16,17,18,21). The van der Waals surface area contributed by atoms with E-state index in [4.69, 9.17) is 0 Å². The molecule has 1 unspecified atom stereocenters. The molecule has 3 amide bonds. The number of carbonyl (C=O) groups is 2. The first-order valence-electron chi connectivity index (χ1n) is 7.07. The Morgan fingerprint density at radius 1 is 1.32 bits per heavy atom. The maximum atomic E-state index is 12.5. The predicted octanol–water partition coefficient (Wildman–Crippen LogP) is 2.46. The maximum Gasteiger partial charge on any atom is 0.321 e. The molecule has 0 aliphatic carbocycles. The number of nitrogens with zero attached hydrogens (tertiary/aromatic N) is 2. The molecule has 7 heteroatoms. The number of amides is 3. The molecule has 1 fully saturated rings. The molecule has 2 N–H and O–H groups in total. The van der Waals surface area contributed by atoms with Crippen LogP contribution in [0.2, 0.25) is 0 Å². The van der Waals surface area contributed by atoms with Gasteiger partial charge in [0.05, 0.1) is 0 Å². The van der Waals surface area contributed by atoms with Crippen molar-refractivity contribution >= 4 is 34.1 Å². The number of carbonyl (C=O) groups excluding carboxylic acids is 2. The summed E-state index contributed by atoms with van der Waals surface area (Å²) in [5.41, 5.74) is 0.860. The molecule has 1 saturated heterocycles. The normalized spacial score (nSPS) is 18.1. The average Bonchev–Trinajstić information content (AvgIpc) is 3.03. The number of urea groups is 1. The summed E-state index contributed by atoms with van der Waals surface area (Å²) in [7, 11) is 0. The molecule has 1 aromatic heterocycles. The Hall–Kier alpha value is -2.41. The van der Waals surface area contributed by atoms with Crippen molar-refractivity contribution in [2.45, 2.75) is 18.9 Å². The molecule has 1 aliphatic heterocycles. The second-order valence-electron chi connectivity index (χ2n) is 4.96. The highest BCUT2D eigenvalue weighted by Crippen LogP contribution is 2.20. The molecule has 1 aliphatic rings. The van der Waals surface area contributed by atoms with Crippen LogP contribution < -0.4 is 15.5 Å². The summed E-state index contributed by atoms with van der Waals surface area (Å²) in [6.45, 7) is 0.676. The van der Waals surface area contributed by atoms with Crippen LogP contribution in [0.4, 0.5) is 15.6 Å². The molecule has 0 spiro atoms. The number of nitrogens with one attached hydrogen (secondary N) is 2. The van der Waals surface area contributed by atoms with Gasteiger partial charge in [0.25, 0.3) is 0 Å². The topological polar surface area (TPSA) is 74.3 Å². The molecule has 2 aromatic rings. The molecule has 1 atom stereocenters. The van der Waals surface area contributed by atoms with Gasteiger partial charge in [-0.2, -0.15) is 0 Å². The Labute approximate surface area is 132 Å². The lowest BCUT2D eigenvalue weighted by Crippen LogP contribution is -2.53. The predicted molar refractivity (Wildman–Crippen MR) is 86.1 cm³/mol. The molecule has 6 nitrogen and oxygen atoms in total. The molecule has 114 valence electrons. The fourth-order valence-electron chi connectivity index (χ4n) is 2.45. The summed E-state index contributed by atoms with van der Waals surface area (Å²) in [4.78, 5) is 30.2. The van der Waals surface area contributed by atoms with Gasteiger partial charge in [0.2, 0.25) is 5.91 Å². The van der Waals surface area contributed by atoms with Crippen LogP contribution in [0.3, 0.4) is 0 Å². The monoisotopic (exact) mass is 316 g/mol. The summed E-state index contributed by atoms with van der Waals surface area (Å²) in [5, 5.41) is 7.65. The van der Waals surface area contributed by atoms with Gasteiger partial charge in [-0.05, 0) is 25.0 Å². The van der Waals surface area contributed by atoms with Gasteiger partial charge in [-0.3, -0.25) is 10.1 Å². The van der Waals surface area contributed by atoms with Crippen LogP contribution >= 0.6 is 11.3 Å². The number of piperidine rings is 1. The Bertz CT molecular complexity index is 645. The van der Waals surface area contributed by atoms with Gasteiger partial charge in [0.1, 0.15) is 6.04 Å². The first-order chi connectivity index (χ1) is 10.7. The third kappa shape index (κ3) is 3.25. The largest absolute Gasteiger partial charge is 0.326 e. The SMILES string of the molecule is O=C(Nc1nccs1)NC1CCCN(c2ccccc2)C1=O. The van der Waals surface area contributed by atoms with Gasteiger partial charge in [0, 0.05) is 23.8 Å². The summed E-state index contributed by atoms with van der Waals surface area (Å²) in [6.07, 6.45) is 3.11. The zero-order valence-electron chi connectivity index (χ0n) is 11.9. The molecule has 1 aromatic carbocycles. The highest BCUT2D eigenvalue weighted by atomic mass is 32.1. The number of benzene rings is 1. The lowest BCUT2D eigenvalue weighted by Gasteiger charge is -2.32. The lowest BCUT2D eigenvalue weighted by molar-refractivity contribution is -0.121. The van der Waals surface area contributed by atoms with Crippen molar-refractivity contribution < 1.29 is 9.59 Å². The van der Waals surface area contributed by atoms with E-state index in [1.54, 1.807) is 16.5 Å². The van der Waals surface area contributed by atoms with E-state index in [9.17, 15) is 9.59 Å². The minimum absolute atomic E-state index is 0.0771. The highest BCUT2D eigenvalue weighted by Gasteiger charge is 2.30. The van der Waals surface area contributed by atoms with Crippen molar-refractivity contribution in [1.82, 2.24) is 10.3 Å². The van der Waals surface area contributed by atoms with Crippen molar-refractivity contribution in [2.75, 3.05) is 16.8 Å². The molecular weight excluding hydrogens is 300 g/mol. The van der Waals surface area contributed by atoms with E-state index in [1.165, 1.54) is 11.3 Å². The molecule has 0 bridgehead atoms. The molecular formula is C15H16N4O2S. The van der Waals surface area contributed by atoms with E-state index in [0.29, 0.717) is 18.1 Å². The van der Waals surface area contributed by atoms with Crippen molar-refractivity contribution in [1.29, 1.82) is 0 Å². The second-order valence-corrected chi connectivity index (χ2v) is 5.85. The van der Waals surface area contributed by atoms with Gasteiger partial charge in [0.15, 0.2) is 5.13 Å². The number of anilines is 2. The summed E-state index contributed by atoms with van der Waals surface area (Å²) in [6, 6.07) is 8.60. The fraction of sp³-hybridized carbons (Fsp3) is 0.267. The third-order valence-electron chi connectivity index (χ3n) is 3.46. The number of thiazole rings is 1. The molecule has 2 heterocycles. The van der Waals surface area contributed by atoms with Crippen LogP contribution in [0.15, 0.2) is 41.9 Å². The smallest absolute Gasteiger partial charge is 0.321 e. The molecule has 0 radical (unpaired) electrons. The van der Waals surface area contributed by atoms with E-state index in [1.807, 2.05) is 30.3 Å². The third-order valence-corrected chi connectivity index (χ3v) is 4.15. The summed E-state index contributed by atoms with van der Waals surface area (Å²) < 4.78 is 0. The Kier molecular flexibility index (Phi) is 4.34. The van der Waals surface area contributed by atoms with E-state index in [2.05, 4.69) is 15.6 Å². The number of para-hydroxylation sites is 1. The average molecular weight is 316 g/mol.